The summed E-state index contributed by atoms with van der Waals surface area (Å²) in [5.74, 6) is 0.0998. The van der Waals surface area contributed by atoms with Gasteiger partial charge in [-0.05, 0) is 48.4 Å². The molecule has 1 fully saturated rings. The Hall–Kier alpha value is -3.02. The topological polar surface area (TPSA) is 76.1 Å². The number of hydrogen-bond acceptors (Lipinski definition) is 4. The van der Waals surface area contributed by atoms with E-state index < -0.39 is 5.97 Å². The molecule has 1 heterocycles. The number of carboxylic acid groups (broad SMARTS) is 1. The Labute approximate surface area is 158 Å². The average Bonchev–Trinajstić information content (AvgIpc) is 3.07. The monoisotopic (exact) mass is 369 g/mol. The molecule has 0 saturated carbocycles. The van der Waals surface area contributed by atoms with Crippen LogP contribution in [0.25, 0.3) is 0 Å². The number of ether oxygens (including phenoxy) is 2. The molecular formula is C21H23NO5. The third-order valence-corrected chi connectivity index (χ3v) is 4.67. The minimum Gasteiger partial charge on any atom is -0.496 e. The molecule has 0 bridgehead atoms. The van der Waals surface area contributed by atoms with E-state index in [0.29, 0.717) is 25.3 Å². The molecule has 6 nitrogen and oxygen atoms in total. The number of hydrogen-bond donors (Lipinski definition) is 1. The maximum atomic E-state index is 12.5. The smallest absolute Gasteiger partial charge is 0.339 e. The van der Waals surface area contributed by atoms with Crippen LogP contribution in [0.3, 0.4) is 0 Å². The van der Waals surface area contributed by atoms with Gasteiger partial charge >= 0.3 is 5.97 Å². The molecule has 1 N–H and O–H groups in total. The first-order valence-corrected chi connectivity index (χ1v) is 8.98. The number of benzene rings is 2. The maximum absolute atomic E-state index is 12.5. The highest BCUT2D eigenvalue weighted by atomic mass is 16.5. The molecule has 0 aliphatic carbocycles. The van der Waals surface area contributed by atoms with Gasteiger partial charge in [-0.3, -0.25) is 4.79 Å². The van der Waals surface area contributed by atoms with Gasteiger partial charge in [0.2, 0.25) is 5.91 Å². The molecule has 1 aliphatic rings. The highest BCUT2D eigenvalue weighted by Crippen LogP contribution is 2.34. The molecule has 6 heteroatoms. The van der Waals surface area contributed by atoms with E-state index in [4.69, 9.17) is 9.47 Å². The quantitative estimate of drug-likeness (QED) is 0.805. The van der Waals surface area contributed by atoms with Crippen LogP contribution in [-0.2, 0) is 4.79 Å². The number of carboxylic acids is 1. The van der Waals surface area contributed by atoms with E-state index in [2.05, 4.69) is 6.92 Å². The van der Waals surface area contributed by atoms with Crippen molar-refractivity contribution in [1.82, 2.24) is 0 Å². The molecule has 1 atom stereocenters. The molecule has 142 valence electrons. The third kappa shape index (κ3) is 4.05. The minimum absolute atomic E-state index is 0.00902. The van der Waals surface area contributed by atoms with Crippen LogP contribution >= 0.6 is 0 Å². The summed E-state index contributed by atoms with van der Waals surface area (Å²) in [4.78, 5) is 25.5. The predicted octanol–water partition coefficient (Wildman–Crippen LogP) is 3.70. The second-order valence-corrected chi connectivity index (χ2v) is 6.51. The molecule has 0 radical (unpaired) electrons. The Morgan fingerprint density at radius 1 is 1.22 bits per heavy atom. The van der Waals surface area contributed by atoms with Crippen molar-refractivity contribution in [1.29, 1.82) is 0 Å². The summed E-state index contributed by atoms with van der Waals surface area (Å²) in [6.07, 6.45) is 1.32. The molecule has 1 amide bonds. The predicted molar refractivity (Wildman–Crippen MR) is 102 cm³/mol. The Morgan fingerprint density at radius 3 is 2.59 bits per heavy atom. The van der Waals surface area contributed by atoms with Gasteiger partial charge in [0.25, 0.3) is 0 Å². The van der Waals surface area contributed by atoms with Crippen LogP contribution in [0.4, 0.5) is 5.69 Å². The molecule has 3 rings (SSSR count). The van der Waals surface area contributed by atoms with E-state index in [1.165, 1.54) is 13.2 Å². The maximum Gasteiger partial charge on any atom is 0.339 e. The summed E-state index contributed by atoms with van der Waals surface area (Å²) >= 11 is 0. The third-order valence-electron chi connectivity index (χ3n) is 4.67. The van der Waals surface area contributed by atoms with Crippen molar-refractivity contribution in [2.45, 2.75) is 25.7 Å². The van der Waals surface area contributed by atoms with Crippen molar-refractivity contribution < 1.29 is 24.2 Å². The van der Waals surface area contributed by atoms with Gasteiger partial charge in [-0.2, -0.15) is 0 Å². The lowest BCUT2D eigenvalue weighted by molar-refractivity contribution is -0.117. The molecule has 1 saturated heterocycles. The normalized spacial score (nSPS) is 16.4. The minimum atomic E-state index is -1.03. The van der Waals surface area contributed by atoms with Crippen molar-refractivity contribution >= 4 is 17.6 Å². The molecule has 0 aromatic heterocycles. The van der Waals surface area contributed by atoms with Crippen LogP contribution < -0.4 is 14.4 Å². The SMILES string of the molecule is CCCOc1ccc(N2CC(c3ccc(C(=O)O)c(OC)c3)CC2=O)cc1. The van der Waals surface area contributed by atoms with Gasteiger partial charge in [0, 0.05) is 24.6 Å². The van der Waals surface area contributed by atoms with Gasteiger partial charge in [-0.1, -0.05) is 13.0 Å². The lowest BCUT2D eigenvalue weighted by atomic mass is 9.96. The van der Waals surface area contributed by atoms with Crippen molar-refractivity contribution in [2.24, 2.45) is 0 Å². The zero-order valence-corrected chi connectivity index (χ0v) is 15.5. The summed E-state index contributed by atoms with van der Waals surface area (Å²) in [5, 5.41) is 9.21. The number of carbonyl (C=O) groups excluding carboxylic acids is 1. The molecular weight excluding hydrogens is 346 g/mol. The van der Waals surface area contributed by atoms with Crippen molar-refractivity contribution in [3.05, 3.63) is 53.6 Å². The summed E-state index contributed by atoms with van der Waals surface area (Å²) in [5.41, 5.74) is 1.85. The Balaban J connectivity index is 1.76. The van der Waals surface area contributed by atoms with E-state index in [1.807, 2.05) is 24.3 Å². The highest BCUT2D eigenvalue weighted by molar-refractivity contribution is 5.96. The van der Waals surface area contributed by atoms with E-state index in [9.17, 15) is 14.7 Å². The molecule has 0 spiro atoms. The largest absolute Gasteiger partial charge is 0.496 e. The van der Waals surface area contributed by atoms with Crippen LogP contribution in [0.5, 0.6) is 11.5 Å². The van der Waals surface area contributed by atoms with Crippen molar-refractivity contribution in [3.8, 4) is 11.5 Å². The van der Waals surface area contributed by atoms with Gasteiger partial charge in [-0.25, -0.2) is 4.79 Å². The van der Waals surface area contributed by atoms with Crippen LogP contribution in [0, 0.1) is 0 Å². The first-order valence-electron chi connectivity index (χ1n) is 8.98. The summed E-state index contributed by atoms with van der Waals surface area (Å²) in [6, 6.07) is 12.5. The Kier molecular flexibility index (Phi) is 5.64. The Bertz CT molecular complexity index is 831. The van der Waals surface area contributed by atoms with Crippen LogP contribution in [-0.4, -0.2) is 37.2 Å². The summed E-state index contributed by atoms with van der Waals surface area (Å²) < 4.78 is 10.8. The van der Waals surface area contributed by atoms with E-state index >= 15 is 0 Å². The van der Waals surface area contributed by atoms with E-state index in [1.54, 1.807) is 17.0 Å². The van der Waals surface area contributed by atoms with Gasteiger partial charge in [0.05, 0.1) is 13.7 Å². The fraction of sp³-hybridized carbons (Fsp3) is 0.333. The number of nitrogens with zero attached hydrogens (tertiary/aromatic N) is 1. The average molecular weight is 369 g/mol. The first kappa shape index (κ1) is 18.8. The van der Waals surface area contributed by atoms with Gasteiger partial charge in [0.15, 0.2) is 0 Å². The molecule has 1 unspecified atom stereocenters. The van der Waals surface area contributed by atoms with Crippen LogP contribution in [0.2, 0.25) is 0 Å². The summed E-state index contributed by atoms with van der Waals surface area (Å²) in [6.45, 7) is 3.26. The standard InChI is InChI=1S/C21H23NO5/c1-3-10-27-17-7-5-16(6-8-17)22-13-15(12-20(22)23)14-4-9-18(21(24)25)19(11-14)26-2/h4-9,11,15H,3,10,12-13H2,1-2H3,(H,24,25). The number of methoxy groups -OCH3 is 1. The zero-order valence-electron chi connectivity index (χ0n) is 15.5. The zero-order chi connectivity index (χ0) is 19.4. The van der Waals surface area contributed by atoms with Gasteiger partial charge in [-0.15, -0.1) is 0 Å². The number of carbonyl (C=O) groups is 2. The number of aromatic carboxylic acids is 1. The van der Waals surface area contributed by atoms with Gasteiger partial charge in [0.1, 0.15) is 17.1 Å². The van der Waals surface area contributed by atoms with E-state index in [0.717, 1.165) is 23.4 Å². The fourth-order valence-electron chi connectivity index (χ4n) is 3.26. The number of anilines is 1. The molecule has 2 aromatic rings. The van der Waals surface area contributed by atoms with Gasteiger partial charge < -0.3 is 19.5 Å². The molecule has 27 heavy (non-hydrogen) atoms. The van der Waals surface area contributed by atoms with Crippen LogP contribution in [0.15, 0.2) is 42.5 Å². The lowest BCUT2D eigenvalue weighted by Gasteiger charge is -2.18. The molecule has 2 aromatic carbocycles. The second-order valence-electron chi connectivity index (χ2n) is 6.51. The highest BCUT2D eigenvalue weighted by Gasteiger charge is 2.32. The first-order chi connectivity index (χ1) is 13.0. The molecule has 1 aliphatic heterocycles. The van der Waals surface area contributed by atoms with Crippen molar-refractivity contribution in [2.75, 3.05) is 25.2 Å². The fourth-order valence-corrected chi connectivity index (χ4v) is 3.26. The Morgan fingerprint density at radius 2 is 1.96 bits per heavy atom. The lowest BCUT2D eigenvalue weighted by Crippen LogP contribution is -2.24. The van der Waals surface area contributed by atoms with Crippen molar-refractivity contribution in [3.63, 3.8) is 0 Å². The number of amides is 1. The van der Waals surface area contributed by atoms with E-state index in [-0.39, 0.29) is 17.4 Å². The summed E-state index contributed by atoms with van der Waals surface area (Å²) in [7, 11) is 1.44. The van der Waals surface area contributed by atoms with Crippen LogP contribution in [0.1, 0.15) is 41.6 Å². The number of rotatable bonds is 7. The second kappa shape index (κ2) is 8.12.